The highest BCUT2D eigenvalue weighted by Crippen LogP contribution is 2.16. The van der Waals surface area contributed by atoms with E-state index in [2.05, 4.69) is 19.1 Å². The van der Waals surface area contributed by atoms with Crippen molar-refractivity contribution in [2.75, 3.05) is 26.2 Å². The summed E-state index contributed by atoms with van der Waals surface area (Å²) in [6.07, 6.45) is 21.4. The summed E-state index contributed by atoms with van der Waals surface area (Å²) in [7, 11) is 0. The van der Waals surface area contributed by atoms with Crippen molar-refractivity contribution in [2.45, 2.75) is 116 Å². The van der Waals surface area contributed by atoms with Gasteiger partial charge in [-0.25, -0.2) is 0 Å². The van der Waals surface area contributed by atoms with Crippen LogP contribution in [0, 0.1) is 0 Å². The van der Waals surface area contributed by atoms with Crippen LogP contribution >= 0.6 is 0 Å². The Kier molecular flexibility index (Phi) is 20.4. The van der Waals surface area contributed by atoms with Crippen molar-refractivity contribution in [3.8, 4) is 0 Å². The van der Waals surface area contributed by atoms with E-state index >= 15 is 0 Å². The van der Waals surface area contributed by atoms with E-state index in [1.165, 1.54) is 70.6 Å². The summed E-state index contributed by atoms with van der Waals surface area (Å²) in [6.45, 7) is 3.63. The zero-order valence-electron chi connectivity index (χ0n) is 21.5. The maximum atomic E-state index is 11.1. The molecular formula is C27H50NO6+. The van der Waals surface area contributed by atoms with Gasteiger partial charge in [0.25, 0.3) is 0 Å². The second-order valence-electron chi connectivity index (χ2n) is 9.61. The normalized spacial score (nSPS) is 11.8. The summed E-state index contributed by atoms with van der Waals surface area (Å²) in [5.74, 6) is -2.83. The number of aliphatic carboxylic acids is 3. The quantitative estimate of drug-likeness (QED) is 0.0800. The molecule has 0 aromatic carbocycles. The molecule has 0 unspecified atom stereocenters. The van der Waals surface area contributed by atoms with Crippen LogP contribution in [0.2, 0.25) is 0 Å². The number of carbonyl (C=O) groups is 3. The van der Waals surface area contributed by atoms with Gasteiger partial charge in [0.2, 0.25) is 0 Å². The fourth-order valence-electron chi connectivity index (χ4n) is 4.38. The van der Waals surface area contributed by atoms with Crippen molar-refractivity contribution in [3.05, 3.63) is 12.2 Å². The maximum absolute atomic E-state index is 11.1. The lowest BCUT2D eigenvalue weighted by atomic mass is 10.1. The van der Waals surface area contributed by atoms with Crippen LogP contribution in [-0.4, -0.2) is 63.9 Å². The molecule has 7 nitrogen and oxygen atoms in total. The topological polar surface area (TPSA) is 112 Å². The van der Waals surface area contributed by atoms with Gasteiger partial charge in [-0.2, -0.15) is 0 Å². The molecule has 0 bridgehead atoms. The second-order valence-corrected chi connectivity index (χ2v) is 9.61. The minimum Gasteiger partial charge on any atom is -0.481 e. The highest BCUT2D eigenvalue weighted by Gasteiger charge is 2.29. The number of allylic oxidation sites excluding steroid dienone is 2. The lowest BCUT2D eigenvalue weighted by Gasteiger charge is -2.38. The number of carboxylic acid groups (broad SMARTS) is 3. The summed E-state index contributed by atoms with van der Waals surface area (Å²) < 4.78 is 0.233. The number of hydrogen-bond acceptors (Lipinski definition) is 3. The van der Waals surface area contributed by atoms with Crippen molar-refractivity contribution in [1.29, 1.82) is 0 Å². The Hall–Kier alpha value is -1.89. The Morgan fingerprint density at radius 3 is 1.26 bits per heavy atom. The summed E-state index contributed by atoms with van der Waals surface area (Å²) in [5, 5.41) is 27.3. The molecule has 3 N–H and O–H groups in total. The summed E-state index contributed by atoms with van der Waals surface area (Å²) >= 11 is 0. The molecule has 0 aliphatic rings. The first-order chi connectivity index (χ1) is 16.3. The zero-order chi connectivity index (χ0) is 25.5. The SMILES string of the molecule is CCCCCCCCCCCCC/C=C/CCC[N+](CCC(=O)O)(CCC(=O)O)CCC(=O)O. The maximum Gasteiger partial charge on any atom is 0.309 e. The van der Waals surface area contributed by atoms with E-state index in [4.69, 9.17) is 15.3 Å². The number of nitrogens with zero attached hydrogens (tertiary/aromatic N) is 1. The Morgan fingerprint density at radius 1 is 0.529 bits per heavy atom. The van der Waals surface area contributed by atoms with Crippen molar-refractivity contribution < 1.29 is 34.2 Å². The van der Waals surface area contributed by atoms with Gasteiger partial charge >= 0.3 is 17.9 Å². The molecule has 0 spiro atoms. The average Bonchev–Trinajstić information content (AvgIpc) is 2.79. The molecule has 0 aromatic heterocycles. The minimum atomic E-state index is -0.944. The highest BCUT2D eigenvalue weighted by molar-refractivity contribution is 5.67. The monoisotopic (exact) mass is 484 g/mol. The highest BCUT2D eigenvalue weighted by atomic mass is 16.4. The van der Waals surface area contributed by atoms with E-state index in [0.717, 1.165) is 19.3 Å². The molecule has 0 aliphatic heterocycles. The zero-order valence-corrected chi connectivity index (χ0v) is 21.5. The van der Waals surface area contributed by atoms with Crippen LogP contribution in [-0.2, 0) is 14.4 Å². The Bertz CT molecular complexity index is 530. The van der Waals surface area contributed by atoms with Gasteiger partial charge in [0.1, 0.15) is 0 Å². The van der Waals surface area contributed by atoms with Crippen LogP contribution < -0.4 is 0 Å². The molecule has 0 aromatic rings. The van der Waals surface area contributed by atoms with Gasteiger partial charge in [-0.05, 0) is 19.3 Å². The molecule has 0 saturated heterocycles. The predicted octanol–water partition coefficient (Wildman–Crippen LogP) is 6.26. The van der Waals surface area contributed by atoms with E-state index in [9.17, 15) is 14.4 Å². The van der Waals surface area contributed by atoms with Crippen molar-refractivity contribution >= 4 is 17.9 Å². The summed E-state index contributed by atoms with van der Waals surface area (Å²) in [5.41, 5.74) is 0. The van der Waals surface area contributed by atoms with Gasteiger partial charge in [-0.1, -0.05) is 83.3 Å². The number of hydrogen-bond donors (Lipinski definition) is 3. The van der Waals surface area contributed by atoms with E-state index in [-0.39, 0.29) is 43.4 Å². The molecule has 0 heterocycles. The molecule has 0 amide bonds. The van der Waals surface area contributed by atoms with E-state index in [1.54, 1.807) is 0 Å². The lowest BCUT2D eigenvalue weighted by Crippen LogP contribution is -2.52. The second kappa shape index (κ2) is 21.6. The van der Waals surface area contributed by atoms with Crippen LogP contribution in [0.15, 0.2) is 12.2 Å². The number of rotatable bonds is 25. The molecule has 0 atom stereocenters. The van der Waals surface area contributed by atoms with Crippen LogP contribution in [0.5, 0.6) is 0 Å². The van der Waals surface area contributed by atoms with Gasteiger partial charge in [-0.3, -0.25) is 14.4 Å². The fourth-order valence-corrected chi connectivity index (χ4v) is 4.38. The van der Waals surface area contributed by atoms with Gasteiger partial charge in [0, 0.05) is 6.42 Å². The largest absolute Gasteiger partial charge is 0.481 e. The fraction of sp³-hybridized carbons (Fsp3) is 0.815. The summed E-state index contributed by atoms with van der Waals surface area (Å²) in [4.78, 5) is 33.3. The Balaban J connectivity index is 4.16. The Labute approximate surface area is 206 Å². The standard InChI is InChI=1S/C27H49NO6/c1-2-3-4-5-6-7-8-9-10-11-12-13-14-15-16-17-21-28(22-18-25(29)30,23-19-26(31)32)24-20-27(33)34/h14-15H,2-13,16-24H2,1H3,(H2-,29,30,31,32,33,34)/p+1/b15-14+. The first-order valence-electron chi connectivity index (χ1n) is 13.5. The van der Waals surface area contributed by atoms with E-state index in [0.29, 0.717) is 6.54 Å². The van der Waals surface area contributed by atoms with Crippen molar-refractivity contribution in [1.82, 2.24) is 0 Å². The molecular weight excluding hydrogens is 434 g/mol. The molecule has 0 aliphatic carbocycles. The summed E-state index contributed by atoms with van der Waals surface area (Å²) in [6, 6.07) is 0. The van der Waals surface area contributed by atoms with Crippen LogP contribution in [0.1, 0.15) is 116 Å². The van der Waals surface area contributed by atoms with Gasteiger partial charge in [0.05, 0.1) is 45.4 Å². The van der Waals surface area contributed by atoms with Gasteiger partial charge < -0.3 is 19.8 Å². The van der Waals surface area contributed by atoms with Gasteiger partial charge in [-0.15, -0.1) is 0 Å². The molecule has 34 heavy (non-hydrogen) atoms. The predicted molar refractivity (Wildman–Crippen MR) is 136 cm³/mol. The molecule has 0 radical (unpaired) electrons. The average molecular weight is 485 g/mol. The third-order valence-electron chi connectivity index (χ3n) is 6.54. The number of unbranched alkanes of at least 4 members (excludes halogenated alkanes) is 12. The van der Waals surface area contributed by atoms with E-state index in [1.807, 2.05) is 0 Å². The molecule has 0 saturated carbocycles. The van der Waals surface area contributed by atoms with Crippen LogP contribution in [0.3, 0.4) is 0 Å². The molecule has 0 fully saturated rings. The molecule has 7 heteroatoms. The first kappa shape index (κ1) is 32.1. The number of carboxylic acids is 3. The lowest BCUT2D eigenvalue weighted by molar-refractivity contribution is -0.927. The van der Waals surface area contributed by atoms with Crippen molar-refractivity contribution in [3.63, 3.8) is 0 Å². The minimum absolute atomic E-state index is 0.0894. The molecule has 0 rings (SSSR count). The van der Waals surface area contributed by atoms with Crippen LogP contribution in [0.4, 0.5) is 0 Å². The third-order valence-corrected chi connectivity index (χ3v) is 6.54. The van der Waals surface area contributed by atoms with Crippen molar-refractivity contribution in [2.24, 2.45) is 0 Å². The van der Waals surface area contributed by atoms with E-state index < -0.39 is 17.9 Å². The first-order valence-corrected chi connectivity index (χ1v) is 13.5. The van der Waals surface area contributed by atoms with Crippen LogP contribution in [0.25, 0.3) is 0 Å². The smallest absolute Gasteiger partial charge is 0.309 e. The van der Waals surface area contributed by atoms with Gasteiger partial charge in [0.15, 0.2) is 0 Å². The third kappa shape index (κ3) is 20.7. The Morgan fingerprint density at radius 2 is 0.882 bits per heavy atom. The molecule has 198 valence electrons. The number of quaternary nitrogens is 1.